The monoisotopic (exact) mass is 355 g/mol. The molecular formula is C9H7F3IN4-. The average molecular weight is 355 g/mol. The van der Waals surface area contributed by atoms with Gasteiger partial charge in [0.25, 0.3) is 0 Å². The zero-order valence-electron chi connectivity index (χ0n) is 8.59. The van der Waals surface area contributed by atoms with Crippen LogP contribution in [0.15, 0.2) is 12.4 Å². The van der Waals surface area contributed by atoms with Crippen molar-refractivity contribution in [3.63, 3.8) is 0 Å². The normalized spacial score (nSPS) is 12.2. The third kappa shape index (κ3) is 2.26. The standard InChI is InChI=1S/C9H7F3IN4/c1-13-8-16-2-4-6(17-8)5(9(10,11)12)3-15-7(4)14/h2-3H,1H3,(H2,14,15)/q-1. The Balaban J connectivity index is 2.81. The van der Waals surface area contributed by atoms with Crippen molar-refractivity contribution < 1.29 is 34.4 Å². The first-order chi connectivity index (χ1) is 7.93. The molecule has 0 amide bonds. The summed E-state index contributed by atoms with van der Waals surface area (Å²) in [6.07, 6.45) is -2.47. The second-order valence-corrected chi connectivity index (χ2v) is 5.19. The van der Waals surface area contributed by atoms with Crippen LogP contribution in [0.5, 0.6) is 0 Å². The van der Waals surface area contributed by atoms with E-state index in [0.29, 0.717) is 10.0 Å². The van der Waals surface area contributed by atoms with Crippen LogP contribution in [0.2, 0.25) is 0 Å². The summed E-state index contributed by atoms with van der Waals surface area (Å²) in [6, 6.07) is 0. The Hall–Kier alpha value is -1.19. The fourth-order valence-corrected chi connectivity index (χ4v) is 2.22. The van der Waals surface area contributed by atoms with Gasteiger partial charge in [-0.25, -0.2) is 0 Å². The van der Waals surface area contributed by atoms with Gasteiger partial charge in [0, 0.05) is 0 Å². The molecule has 0 aromatic carbocycles. The van der Waals surface area contributed by atoms with Gasteiger partial charge in [-0.3, -0.25) is 0 Å². The van der Waals surface area contributed by atoms with Gasteiger partial charge in [-0.05, 0) is 0 Å². The molecule has 8 heteroatoms. The Morgan fingerprint density at radius 1 is 1.24 bits per heavy atom. The first-order valence-electron chi connectivity index (χ1n) is 4.41. The molecule has 0 unspecified atom stereocenters. The Morgan fingerprint density at radius 3 is 2.53 bits per heavy atom. The molecule has 0 saturated carbocycles. The van der Waals surface area contributed by atoms with Gasteiger partial charge < -0.3 is 0 Å². The zero-order chi connectivity index (χ0) is 12.6. The molecular weight excluding hydrogens is 348 g/mol. The van der Waals surface area contributed by atoms with E-state index in [1.165, 1.54) is 6.20 Å². The molecule has 2 N–H and O–H groups in total. The van der Waals surface area contributed by atoms with Crippen molar-refractivity contribution in [2.75, 3.05) is 10.7 Å². The molecule has 4 nitrogen and oxygen atoms in total. The number of aromatic nitrogens is 3. The molecule has 0 fully saturated rings. The van der Waals surface area contributed by atoms with Gasteiger partial charge in [-0.1, -0.05) is 0 Å². The Kier molecular flexibility index (Phi) is 3.06. The summed E-state index contributed by atoms with van der Waals surface area (Å²) >= 11 is -0.476. The molecule has 2 heterocycles. The molecule has 2 aromatic heterocycles. The third-order valence-electron chi connectivity index (χ3n) is 2.10. The van der Waals surface area contributed by atoms with Crippen LogP contribution in [0.4, 0.5) is 19.0 Å². The number of nitrogens with zero attached hydrogens (tertiary/aromatic N) is 3. The van der Waals surface area contributed by atoms with Crippen LogP contribution in [-0.4, -0.2) is 19.9 Å². The number of pyridine rings is 1. The molecule has 0 aliphatic rings. The summed E-state index contributed by atoms with van der Waals surface area (Å²) in [7, 11) is 0. The number of hydrogen-bond acceptors (Lipinski definition) is 4. The van der Waals surface area contributed by atoms with Gasteiger partial charge in [-0.15, -0.1) is 0 Å². The van der Waals surface area contributed by atoms with E-state index >= 15 is 0 Å². The van der Waals surface area contributed by atoms with Crippen LogP contribution in [0.25, 0.3) is 10.9 Å². The van der Waals surface area contributed by atoms with Crippen molar-refractivity contribution in [1.29, 1.82) is 0 Å². The predicted molar refractivity (Wildman–Crippen MR) is 51.4 cm³/mol. The summed E-state index contributed by atoms with van der Waals surface area (Å²) in [5.74, 6) is 0.00820. The van der Waals surface area contributed by atoms with E-state index in [-0.39, 0.29) is 16.7 Å². The summed E-state index contributed by atoms with van der Waals surface area (Å²) in [5, 5.41) is 0.140. The fourth-order valence-electron chi connectivity index (χ4n) is 1.32. The average Bonchev–Trinajstić information content (AvgIpc) is 2.27. The van der Waals surface area contributed by atoms with E-state index in [4.69, 9.17) is 5.73 Å². The van der Waals surface area contributed by atoms with Crippen molar-refractivity contribution in [2.45, 2.75) is 6.18 Å². The van der Waals surface area contributed by atoms with E-state index in [1.54, 1.807) is 0 Å². The number of anilines is 1. The van der Waals surface area contributed by atoms with Crippen LogP contribution >= 0.6 is 0 Å². The number of nitrogens with two attached hydrogens (primary N) is 1. The van der Waals surface area contributed by atoms with Crippen molar-refractivity contribution in [1.82, 2.24) is 15.0 Å². The molecule has 0 atom stereocenters. The quantitative estimate of drug-likeness (QED) is 0.385. The molecule has 0 radical (unpaired) electrons. The van der Waals surface area contributed by atoms with Crippen LogP contribution < -0.4 is 26.9 Å². The number of hydrogen-bond donors (Lipinski definition) is 1. The zero-order valence-corrected chi connectivity index (χ0v) is 10.7. The number of halogens is 4. The Morgan fingerprint density at radius 2 is 1.94 bits per heavy atom. The van der Waals surface area contributed by atoms with Gasteiger partial charge in [0.05, 0.1) is 0 Å². The topological polar surface area (TPSA) is 64.7 Å². The van der Waals surface area contributed by atoms with Gasteiger partial charge in [0.1, 0.15) is 0 Å². The Bertz CT molecular complexity index is 570. The van der Waals surface area contributed by atoms with E-state index in [0.717, 1.165) is 0 Å². The van der Waals surface area contributed by atoms with Gasteiger partial charge in [0.15, 0.2) is 0 Å². The summed E-state index contributed by atoms with van der Waals surface area (Å²) < 4.78 is 38.7. The summed E-state index contributed by atoms with van der Waals surface area (Å²) in [4.78, 5) is 13.3. The van der Waals surface area contributed by atoms with Gasteiger partial charge in [-0.2, -0.15) is 0 Å². The Labute approximate surface area is 105 Å². The number of rotatable bonds is 1. The van der Waals surface area contributed by atoms with Crippen LogP contribution in [0.3, 0.4) is 0 Å². The second-order valence-electron chi connectivity index (χ2n) is 3.15. The third-order valence-corrected chi connectivity index (χ3v) is 3.58. The molecule has 17 heavy (non-hydrogen) atoms. The SMILES string of the molecule is C[I-]c1ncc2c(N)ncc(C(F)(F)F)c2n1. The molecule has 0 saturated heterocycles. The fraction of sp³-hybridized carbons (Fsp3) is 0.222. The van der Waals surface area contributed by atoms with E-state index in [2.05, 4.69) is 15.0 Å². The van der Waals surface area contributed by atoms with E-state index in [9.17, 15) is 13.2 Å². The first kappa shape index (κ1) is 12.3. The van der Waals surface area contributed by atoms with Crippen molar-refractivity contribution >= 4 is 16.7 Å². The second kappa shape index (κ2) is 4.24. The van der Waals surface area contributed by atoms with Crippen LogP contribution in [-0.2, 0) is 6.18 Å². The molecule has 2 rings (SSSR count). The van der Waals surface area contributed by atoms with Crippen LogP contribution in [0, 0.1) is 3.83 Å². The first-order valence-corrected chi connectivity index (χ1v) is 7.65. The predicted octanol–water partition coefficient (Wildman–Crippen LogP) is -1.49. The molecule has 92 valence electrons. The van der Waals surface area contributed by atoms with Crippen LogP contribution in [0.1, 0.15) is 5.56 Å². The summed E-state index contributed by atoms with van der Waals surface area (Å²) in [5.41, 5.74) is 4.47. The maximum absolute atomic E-state index is 12.8. The van der Waals surface area contributed by atoms with Gasteiger partial charge in [0.2, 0.25) is 0 Å². The number of nitrogen functional groups attached to an aromatic ring is 1. The number of alkyl halides is 4. The minimum atomic E-state index is -4.49. The van der Waals surface area contributed by atoms with E-state index < -0.39 is 32.9 Å². The molecule has 0 bridgehead atoms. The van der Waals surface area contributed by atoms with Crippen molar-refractivity contribution in [3.05, 3.63) is 21.8 Å². The van der Waals surface area contributed by atoms with Gasteiger partial charge >= 0.3 is 105 Å². The van der Waals surface area contributed by atoms with Crippen molar-refractivity contribution in [2.24, 2.45) is 0 Å². The van der Waals surface area contributed by atoms with E-state index in [1.807, 2.05) is 4.93 Å². The minimum absolute atomic E-state index is 0.00820. The molecule has 2 aromatic rings. The maximum atomic E-state index is 12.8. The molecule has 0 aliphatic heterocycles. The number of fused-ring (bicyclic) bond motifs is 1. The molecule has 0 spiro atoms. The summed E-state index contributed by atoms with van der Waals surface area (Å²) in [6.45, 7) is 0. The molecule has 0 aliphatic carbocycles. The van der Waals surface area contributed by atoms with Crippen molar-refractivity contribution in [3.8, 4) is 0 Å².